The summed E-state index contributed by atoms with van der Waals surface area (Å²) in [6.07, 6.45) is 0.978. The first kappa shape index (κ1) is 20.1. The number of hydrogen-bond donors (Lipinski definition) is 0. The van der Waals surface area contributed by atoms with Gasteiger partial charge in [-0.3, -0.25) is 4.79 Å². The first-order valence-electron chi connectivity index (χ1n) is 9.49. The van der Waals surface area contributed by atoms with E-state index < -0.39 is 0 Å². The number of aryl methyl sites for hydroxylation is 1. The van der Waals surface area contributed by atoms with Crippen LogP contribution in [0.2, 0.25) is 0 Å². The molecular formula is C22H26N4OS. The van der Waals surface area contributed by atoms with Gasteiger partial charge in [-0.25, -0.2) is 0 Å². The van der Waals surface area contributed by atoms with Gasteiger partial charge in [-0.15, -0.1) is 10.2 Å². The van der Waals surface area contributed by atoms with Crippen LogP contribution in [-0.4, -0.2) is 38.4 Å². The minimum Gasteiger partial charge on any atom is -0.341 e. The first-order valence-corrected chi connectivity index (χ1v) is 10.5. The molecule has 0 aliphatic rings. The fourth-order valence-corrected chi connectivity index (χ4v) is 3.91. The highest BCUT2D eigenvalue weighted by molar-refractivity contribution is 7.99. The molecule has 3 rings (SSSR count). The van der Waals surface area contributed by atoms with Gasteiger partial charge in [-0.1, -0.05) is 72.8 Å². The van der Waals surface area contributed by atoms with E-state index in [0.717, 1.165) is 35.1 Å². The van der Waals surface area contributed by atoms with Crippen molar-refractivity contribution in [3.8, 4) is 11.4 Å². The second-order valence-electron chi connectivity index (χ2n) is 6.85. The molecular weight excluding hydrogens is 368 g/mol. The Balaban J connectivity index is 1.69. The predicted molar refractivity (Wildman–Crippen MR) is 114 cm³/mol. The first-order chi connectivity index (χ1) is 13.6. The number of benzene rings is 2. The van der Waals surface area contributed by atoms with E-state index in [1.54, 1.807) is 4.90 Å². The van der Waals surface area contributed by atoms with Crippen molar-refractivity contribution in [2.24, 2.45) is 0 Å². The van der Waals surface area contributed by atoms with Crippen LogP contribution in [0.25, 0.3) is 11.4 Å². The molecule has 1 heterocycles. The number of nitrogens with zero attached hydrogens (tertiary/aromatic N) is 4. The van der Waals surface area contributed by atoms with E-state index in [4.69, 9.17) is 0 Å². The van der Waals surface area contributed by atoms with E-state index in [9.17, 15) is 4.79 Å². The molecule has 3 aromatic rings. The molecule has 6 heteroatoms. The Hall–Kier alpha value is -2.60. The fraction of sp³-hybridized carbons (Fsp3) is 0.318. The molecule has 0 radical (unpaired) electrons. The molecule has 0 saturated carbocycles. The van der Waals surface area contributed by atoms with E-state index in [-0.39, 0.29) is 5.91 Å². The zero-order valence-electron chi connectivity index (χ0n) is 16.6. The molecule has 1 amide bonds. The number of hydrogen-bond acceptors (Lipinski definition) is 4. The molecule has 0 saturated heterocycles. The Bertz CT molecular complexity index is 923. The minimum atomic E-state index is 0.0806. The van der Waals surface area contributed by atoms with Crippen LogP contribution in [0.15, 0.2) is 59.8 Å². The molecule has 2 aromatic carbocycles. The Morgan fingerprint density at radius 3 is 2.61 bits per heavy atom. The van der Waals surface area contributed by atoms with Crippen LogP contribution < -0.4 is 0 Å². The molecule has 1 aromatic heterocycles. The number of carbonyl (C=O) groups is 1. The minimum absolute atomic E-state index is 0.0806. The van der Waals surface area contributed by atoms with E-state index in [0.29, 0.717) is 12.3 Å². The van der Waals surface area contributed by atoms with E-state index in [1.165, 1.54) is 17.3 Å². The lowest BCUT2D eigenvalue weighted by Gasteiger charge is -2.17. The van der Waals surface area contributed by atoms with Crippen molar-refractivity contribution >= 4 is 17.7 Å². The van der Waals surface area contributed by atoms with Gasteiger partial charge in [-0.2, -0.15) is 0 Å². The van der Waals surface area contributed by atoms with Gasteiger partial charge < -0.3 is 9.47 Å². The van der Waals surface area contributed by atoms with Crippen LogP contribution in [-0.2, 0) is 17.9 Å². The molecule has 0 aliphatic heterocycles. The highest BCUT2D eigenvalue weighted by Crippen LogP contribution is 2.25. The molecule has 5 nitrogen and oxygen atoms in total. The Morgan fingerprint density at radius 2 is 1.89 bits per heavy atom. The van der Waals surface area contributed by atoms with Crippen molar-refractivity contribution in [2.75, 3.05) is 12.8 Å². The smallest absolute Gasteiger partial charge is 0.233 e. The number of thioether (sulfide) groups is 1. The summed E-state index contributed by atoms with van der Waals surface area (Å²) in [5, 5.41) is 9.56. The number of aromatic nitrogens is 3. The number of rotatable bonds is 8. The molecule has 0 bridgehead atoms. The van der Waals surface area contributed by atoms with Crippen LogP contribution in [0.4, 0.5) is 0 Å². The third-order valence-electron chi connectivity index (χ3n) is 4.45. The van der Waals surface area contributed by atoms with Crippen molar-refractivity contribution < 1.29 is 4.79 Å². The maximum atomic E-state index is 12.6. The summed E-state index contributed by atoms with van der Waals surface area (Å²) in [6.45, 7) is 5.64. The molecule has 0 N–H and O–H groups in total. The average molecular weight is 395 g/mol. The average Bonchev–Trinajstić information content (AvgIpc) is 3.10. The molecule has 0 aliphatic carbocycles. The van der Waals surface area contributed by atoms with Crippen LogP contribution in [0, 0.1) is 6.92 Å². The van der Waals surface area contributed by atoms with Gasteiger partial charge in [0.2, 0.25) is 5.91 Å². The highest BCUT2D eigenvalue weighted by Gasteiger charge is 2.17. The van der Waals surface area contributed by atoms with Gasteiger partial charge in [0.15, 0.2) is 11.0 Å². The third kappa shape index (κ3) is 5.01. The van der Waals surface area contributed by atoms with E-state index in [1.807, 2.05) is 43.4 Å². The van der Waals surface area contributed by atoms with Gasteiger partial charge in [0.1, 0.15) is 0 Å². The van der Waals surface area contributed by atoms with Gasteiger partial charge in [0.05, 0.1) is 5.75 Å². The largest absolute Gasteiger partial charge is 0.341 e. The van der Waals surface area contributed by atoms with Crippen LogP contribution >= 0.6 is 11.8 Å². The topological polar surface area (TPSA) is 51.0 Å². The predicted octanol–water partition coefficient (Wildman–Crippen LogP) is 4.41. The summed E-state index contributed by atoms with van der Waals surface area (Å²) in [7, 11) is 1.84. The zero-order chi connectivity index (χ0) is 19.9. The number of carbonyl (C=O) groups excluding carboxylic acids is 1. The van der Waals surface area contributed by atoms with Crippen molar-refractivity contribution in [3.05, 3.63) is 65.7 Å². The van der Waals surface area contributed by atoms with Crippen molar-refractivity contribution in [2.45, 2.75) is 38.5 Å². The monoisotopic (exact) mass is 394 g/mol. The SMILES string of the molecule is CCCn1c(SCC(=O)N(C)Cc2ccccc2)nnc1-c1cccc(C)c1. The Labute approximate surface area is 170 Å². The lowest BCUT2D eigenvalue weighted by atomic mass is 10.1. The third-order valence-corrected chi connectivity index (χ3v) is 5.40. The van der Waals surface area contributed by atoms with Gasteiger partial charge >= 0.3 is 0 Å². The standard InChI is InChI=1S/C22H26N4OS/c1-4-13-26-21(19-12-8-9-17(2)14-19)23-24-22(26)28-16-20(27)25(3)15-18-10-6-5-7-11-18/h5-12,14H,4,13,15-16H2,1-3H3. The van der Waals surface area contributed by atoms with Crippen molar-refractivity contribution in [3.63, 3.8) is 0 Å². The maximum Gasteiger partial charge on any atom is 0.233 e. The summed E-state index contributed by atoms with van der Waals surface area (Å²) in [5.74, 6) is 1.29. The quantitative estimate of drug-likeness (QED) is 0.531. The molecule has 28 heavy (non-hydrogen) atoms. The lowest BCUT2D eigenvalue weighted by Crippen LogP contribution is -2.27. The summed E-state index contributed by atoms with van der Waals surface area (Å²) >= 11 is 1.45. The van der Waals surface area contributed by atoms with Crippen LogP contribution in [0.5, 0.6) is 0 Å². The molecule has 0 spiro atoms. The molecule has 0 fully saturated rings. The fourth-order valence-electron chi connectivity index (χ4n) is 3.00. The van der Waals surface area contributed by atoms with Crippen molar-refractivity contribution in [1.29, 1.82) is 0 Å². The van der Waals surface area contributed by atoms with Gasteiger partial charge in [0, 0.05) is 25.7 Å². The summed E-state index contributed by atoms with van der Waals surface area (Å²) < 4.78 is 2.11. The molecule has 0 unspecified atom stereocenters. The van der Waals surface area contributed by atoms with Gasteiger partial charge in [-0.05, 0) is 25.0 Å². The van der Waals surface area contributed by atoms with Crippen LogP contribution in [0.1, 0.15) is 24.5 Å². The maximum absolute atomic E-state index is 12.6. The van der Waals surface area contributed by atoms with E-state index in [2.05, 4.69) is 46.8 Å². The van der Waals surface area contributed by atoms with E-state index >= 15 is 0 Å². The lowest BCUT2D eigenvalue weighted by molar-refractivity contribution is -0.127. The normalized spacial score (nSPS) is 10.8. The second kappa shape index (κ2) is 9.55. The van der Waals surface area contributed by atoms with Crippen LogP contribution in [0.3, 0.4) is 0 Å². The summed E-state index contributed by atoms with van der Waals surface area (Å²) in [5.41, 5.74) is 3.37. The zero-order valence-corrected chi connectivity index (χ0v) is 17.4. The van der Waals surface area contributed by atoms with Crippen molar-refractivity contribution in [1.82, 2.24) is 19.7 Å². The molecule has 146 valence electrons. The number of amides is 1. The molecule has 0 atom stereocenters. The summed E-state index contributed by atoms with van der Waals surface area (Å²) in [4.78, 5) is 14.3. The highest BCUT2D eigenvalue weighted by atomic mass is 32.2. The Morgan fingerprint density at radius 1 is 1.11 bits per heavy atom. The summed E-state index contributed by atoms with van der Waals surface area (Å²) in [6, 6.07) is 18.3. The Kier molecular flexibility index (Phi) is 6.87. The second-order valence-corrected chi connectivity index (χ2v) is 7.79. The van der Waals surface area contributed by atoms with Gasteiger partial charge in [0.25, 0.3) is 0 Å².